The van der Waals surface area contributed by atoms with Gasteiger partial charge in [-0.2, -0.15) is 0 Å². The lowest BCUT2D eigenvalue weighted by molar-refractivity contribution is -0.141. The second kappa shape index (κ2) is 9.17. The smallest absolute Gasteiger partial charge is 0.330 e. The Labute approximate surface area is 68.4 Å². The summed E-state index contributed by atoms with van der Waals surface area (Å²) < 4.78 is 4.64. The molecule has 0 aromatic heterocycles. The van der Waals surface area contributed by atoms with Crippen LogP contribution in [0.25, 0.3) is 0 Å². The van der Waals surface area contributed by atoms with E-state index in [2.05, 4.69) is 16.6 Å². The molecule has 0 atom stereocenters. The van der Waals surface area contributed by atoms with Crippen LogP contribution in [-0.4, -0.2) is 26.2 Å². The van der Waals surface area contributed by atoms with Crippen molar-refractivity contribution >= 4 is 5.97 Å². The highest BCUT2D eigenvalue weighted by Gasteiger charge is 1.96. The number of hydrogen-bond donors (Lipinski definition) is 1. The van der Waals surface area contributed by atoms with Gasteiger partial charge in [-0.15, -0.1) is 0 Å². The van der Waals surface area contributed by atoms with E-state index in [1.807, 2.05) is 14.1 Å². The van der Waals surface area contributed by atoms with E-state index in [1.54, 1.807) is 13.8 Å². The van der Waals surface area contributed by atoms with Crippen LogP contribution in [0.1, 0.15) is 13.8 Å². The van der Waals surface area contributed by atoms with Gasteiger partial charge in [-0.1, -0.05) is 6.58 Å². The molecular weight excluding hydrogens is 142 g/mol. The number of carbonyl (C=O) groups excluding carboxylic acids is 1. The molecule has 0 fully saturated rings. The highest BCUT2D eigenvalue weighted by Crippen LogP contribution is 1.87. The fourth-order valence-electron chi connectivity index (χ4n) is 0.280. The van der Waals surface area contributed by atoms with Gasteiger partial charge in [-0.05, 0) is 27.9 Å². The van der Waals surface area contributed by atoms with Gasteiger partial charge >= 0.3 is 5.97 Å². The van der Waals surface area contributed by atoms with E-state index in [0.717, 1.165) is 6.08 Å². The van der Waals surface area contributed by atoms with Gasteiger partial charge in [-0.25, -0.2) is 4.79 Å². The van der Waals surface area contributed by atoms with Crippen LogP contribution in [0.15, 0.2) is 12.7 Å². The molecule has 0 aromatic rings. The van der Waals surface area contributed by atoms with E-state index < -0.39 is 0 Å². The second-order valence-electron chi connectivity index (χ2n) is 2.19. The average molecular weight is 159 g/mol. The molecule has 0 amide bonds. The minimum Gasteiger partial charge on any atom is -0.460 e. The Bertz CT molecular complexity index is 111. The normalized spacial score (nSPS) is 8.09. The molecular formula is C8H17NO2. The van der Waals surface area contributed by atoms with E-state index in [0.29, 0.717) is 0 Å². The Balaban J connectivity index is 0. The zero-order valence-electron chi connectivity index (χ0n) is 7.68. The molecule has 0 rings (SSSR count). The van der Waals surface area contributed by atoms with Crippen molar-refractivity contribution < 1.29 is 9.53 Å². The zero-order valence-corrected chi connectivity index (χ0v) is 7.68. The van der Waals surface area contributed by atoms with Crippen molar-refractivity contribution in [2.45, 2.75) is 20.0 Å². The molecule has 0 aliphatic heterocycles. The fourth-order valence-corrected chi connectivity index (χ4v) is 0.280. The number of hydrogen-bond acceptors (Lipinski definition) is 3. The van der Waals surface area contributed by atoms with E-state index in [-0.39, 0.29) is 12.1 Å². The standard InChI is InChI=1S/C6H10O2.C2H7N/c1-4-6(7)8-5(2)3;1-3-2/h4-5H,1H2,2-3H3;3H,1-2H3. The Hall–Kier alpha value is -0.830. The molecule has 3 nitrogen and oxygen atoms in total. The molecule has 0 aliphatic rings. The maximum atomic E-state index is 10.3. The Kier molecular flexibility index (Phi) is 10.7. The minimum atomic E-state index is -0.361. The summed E-state index contributed by atoms with van der Waals surface area (Å²) in [6, 6.07) is 0. The number of nitrogens with one attached hydrogen (secondary N) is 1. The van der Waals surface area contributed by atoms with Gasteiger partial charge < -0.3 is 10.1 Å². The van der Waals surface area contributed by atoms with Crippen LogP contribution in [-0.2, 0) is 9.53 Å². The first-order valence-corrected chi connectivity index (χ1v) is 3.50. The summed E-state index contributed by atoms with van der Waals surface area (Å²) in [5, 5.41) is 2.75. The first-order chi connectivity index (χ1) is 5.08. The van der Waals surface area contributed by atoms with E-state index in [1.165, 1.54) is 0 Å². The summed E-state index contributed by atoms with van der Waals surface area (Å²) in [4.78, 5) is 10.3. The van der Waals surface area contributed by atoms with Gasteiger partial charge in [0.1, 0.15) is 0 Å². The molecule has 0 bridgehead atoms. The number of carbonyl (C=O) groups is 1. The van der Waals surface area contributed by atoms with Crippen molar-refractivity contribution in [3.05, 3.63) is 12.7 Å². The largest absolute Gasteiger partial charge is 0.460 e. The Morgan fingerprint density at radius 2 is 1.91 bits per heavy atom. The van der Waals surface area contributed by atoms with Crippen molar-refractivity contribution in [3.8, 4) is 0 Å². The second-order valence-corrected chi connectivity index (χ2v) is 2.19. The third kappa shape index (κ3) is 17.6. The van der Waals surface area contributed by atoms with E-state index >= 15 is 0 Å². The van der Waals surface area contributed by atoms with Crippen LogP contribution in [0.4, 0.5) is 0 Å². The highest BCUT2D eigenvalue weighted by atomic mass is 16.5. The van der Waals surface area contributed by atoms with Crippen LogP contribution in [0.2, 0.25) is 0 Å². The van der Waals surface area contributed by atoms with Crippen LogP contribution in [0.5, 0.6) is 0 Å². The summed E-state index contributed by atoms with van der Waals surface area (Å²) in [6.45, 7) is 6.83. The van der Waals surface area contributed by atoms with Crippen LogP contribution in [0.3, 0.4) is 0 Å². The maximum Gasteiger partial charge on any atom is 0.330 e. The molecule has 1 N–H and O–H groups in total. The molecule has 0 aromatic carbocycles. The van der Waals surface area contributed by atoms with E-state index in [4.69, 9.17) is 0 Å². The molecule has 0 radical (unpaired) electrons. The third-order valence-corrected chi connectivity index (χ3v) is 0.519. The van der Waals surface area contributed by atoms with Gasteiger partial charge in [0.2, 0.25) is 0 Å². The van der Waals surface area contributed by atoms with Gasteiger partial charge in [0.25, 0.3) is 0 Å². The van der Waals surface area contributed by atoms with Crippen LogP contribution >= 0.6 is 0 Å². The predicted molar refractivity (Wildman–Crippen MR) is 46.4 cm³/mol. The summed E-state index contributed by atoms with van der Waals surface area (Å²) in [5.74, 6) is -0.361. The van der Waals surface area contributed by atoms with E-state index in [9.17, 15) is 4.79 Å². The quantitative estimate of drug-likeness (QED) is 0.482. The van der Waals surface area contributed by atoms with Crippen molar-refractivity contribution in [2.75, 3.05) is 14.1 Å². The molecule has 0 heterocycles. The number of rotatable bonds is 2. The SMILES string of the molecule is C=CC(=O)OC(C)C.CNC. The molecule has 0 unspecified atom stereocenters. The fraction of sp³-hybridized carbons (Fsp3) is 0.625. The average Bonchev–Trinajstić information content (AvgIpc) is 1.88. The monoisotopic (exact) mass is 159 g/mol. The summed E-state index contributed by atoms with van der Waals surface area (Å²) in [5.41, 5.74) is 0. The lowest BCUT2D eigenvalue weighted by Crippen LogP contribution is -2.07. The lowest BCUT2D eigenvalue weighted by atomic mass is 10.5. The number of esters is 1. The number of ether oxygens (including phenoxy) is 1. The molecule has 11 heavy (non-hydrogen) atoms. The van der Waals surface area contributed by atoms with Crippen LogP contribution in [0, 0.1) is 0 Å². The molecule has 0 saturated heterocycles. The summed E-state index contributed by atoms with van der Waals surface area (Å²) in [6.07, 6.45) is 1.11. The van der Waals surface area contributed by atoms with Gasteiger partial charge in [0, 0.05) is 6.08 Å². The topological polar surface area (TPSA) is 38.3 Å². The van der Waals surface area contributed by atoms with Crippen LogP contribution < -0.4 is 5.32 Å². The minimum absolute atomic E-state index is 0.0412. The molecule has 66 valence electrons. The zero-order chi connectivity index (χ0) is 9.28. The van der Waals surface area contributed by atoms with Crippen molar-refractivity contribution in [3.63, 3.8) is 0 Å². The van der Waals surface area contributed by atoms with Crippen molar-refractivity contribution in [1.29, 1.82) is 0 Å². The lowest BCUT2D eigenvalue weighted by Gasteiger charge is -2.02. The Morgan fingerprint density at radius 3 is 2.00 bits per heavy atom. The van der Waals surface area contributed by atoms with Crippen molar-refractivity contribution in [1.82, 2.24) is 5.32 Å². The maximum absolute atomic E-state index is 10.3. The van der Waals surface area contributed by atoms with Gasteiger partial charge in [0.15, 0.2) is 0 Å². The van der Waals surface area contributed by atoms with Crippen molar-refractivity contribution in [2.24, 2.45) is 0 Å². The first kappa shape index (κ1) is 12.8. The predicted octanol–water partition coefficient (Wildman–Crippen LogP) is 0.960. The summed E-state index contributed by atoms with van der Waals surface area (Å²) in [7, 11) is 3.75. The van der Waals surface area contributed by atoms with Gasteiger partial charge in [0.05, 0.1) is 6.10 Å². The molecule has 0 spiro atoms. The highest BCUT2D eigenvalue weighted by molar-refractivity contribution is 5.81. The molecule has 0 aliphatic carbocycles. The molecule has 3 heteroatoms. The molecule has 0 saturated carbocycles. The third-order valence-electron chi connectivity index (χ3n) is 0.519. The first-order valence-electron chi connectivity index (χ1n) is 3.50. The Morgan fingerprint density at radius 1 is 1.55 bits per heavy atom. The van der Waals surface area contributed by atoms with Gasteiger partial charge in [-0.3, -0.25) is 0 Å². The summed E-state index contributed by atoms with van der Waals surface area (Å²) >= 11 is 0.